The lowest BCUT2D eigenvalue weighted by atomic mass is 9.77. The van der Waals surface area contributed by atoms with Gasteiger partial charge in [-0.3, -0.25) is 0 Å². The predicted octanol–water partition coefficient (Wildman–Crippen LogP) is 2.55. The van der Waals surface area contributed by atoms with Crippen LogP contribution >= 0.6 is 0 Å². The second kappa shape index (κ2) is 3.84. The third kappa shape index (κ3) is 1.63. The molecule has 0 atom stereocenters. The van der Waals surface area contributed by atoms with Gasteiger partial charge in [-0.25, -0.2) is 4.98 Å². The Kier molecular flexibility index (Phi) is 2.54. The molecule has 94 valence electrons. The van der Waals surface area contributed by atoms with E-state index in [1.54, 1.807) is 0 Å². The van der Waals surface area contributed by atoms with Gasteiger partial charge < -0.3 is 9.88 Å². The van der Waals surface area contributed by atoms with Crippen LogP contribution in [0.5, 0.6) is 0 Å². The summed E-state index contributed by atoms with van der Waals surface area (Å²) >= 11 is 0. The molecule has 1 saturated carbocycles. The lowest BCUT2D eigenvalue weighted by molar-refractivity contribution is 0.157. The van der Waals surface area contributed by atoms with Gasteiger partial charge in [-0.15, -0.1) is 0 Å². The number of rotatable bonds is 2. The van der Waals surface area contributed by atoms with Crippen LogP contribution < -0.4 is 5.32 Å². The van der Waals surface area contributed by atoms with Gasteiger partial charge in [0.1, 0.15) is 5.82 Å². The van der Waals surface area contributed by atoms with Crippen LogP contribution in [0.2, 0.25) is 0 Å². The molecule has 0 bridgehead atoms. The molecule has 2 heterocycles. The van der Waals surface area contributed by atoms with Crippen molar-refractivity contribution in [3.63, 3.8) is 0 Å². The summed E-state index contributed by atoms with van der Waals surface area (Å²) in [4.78, 5) is 4.90. The molecule has 1 aliphatic carbocycles. The van der Waals surface area contributed by atoms with Gasteiger partial charge in [0.2, 0.25) is 0 Å². The maximum Gasteiger partial charge on any atom is 0.112 e. The largest absolute Gasteiger partial charge is 0.326 e. The highest BCUT2D eigenvalue weighted by atomic mass is 15.2. The minimum Gasteiger partial charge on any atom is -0.326 e. The summed E-state index contributed by atoms with van der Waals surface area (Å²) < 4.78 is 2.59. The van der Waals surface area contributed by atoms with Gasteiger partial charge in [0.25, 0.3) is 0 Å². The van der Waals surface area contributed by atoms with Crippen molar-refractivity contribution in [2.75, 3.05) is 6.54 Å². The molecule has 3 rings (SSSR count). The maximum atomic E-state index is 4.90. The first-order valence-corrected chi connectivity index (χ1v) is 6.93. The van der Waals surface area contributed by atoms with E-state index in [0.29, 0.717) is 11.5 Å². The Morgan fingerprint density at radius 2 is 2.12 bits per heavy atom. The Balaban J connectivity index is 2.12. The first kappa shape index (κ1) is 11.3. The number of nitrogens with one attached hydrogen (secondary N) is 1. The van der Waals surface area contributed by atoms with E-state index >= 15 is 0 Å². The number of hydrogen-bond donors (Lipinski definition) is 1. The molecule has 0 spiro atoms. The van der Waals surface area contributed by atoms with Crippen LogP contribution in [0.1, 0.15) is 63.2 Å². The molecule has 0 amide bonds. The zero-order chi connectivity index (χ0) is 12.0. The van der Waals surface area contributed by atoms with Crippen LogP contribution in [-0.2, 0) is 18.5 Å². The SMILES string of the molecule is CC(C)c1nc2c(n1C1(C)CCC1)CCNC2. The van der Waals surface area contributed by atoms with Crippen molar-refractivity contribution in [1.82, 2.24) is 14.9 Å². The van der Waals surface area contributed by atoms with E-state index in [0.717, 1.165) is 19.5 Å². The van der Waals surface area contributed by atoms with E-state index in [2.05, 4.69) is 30.7 Å². The second-order valence-corrected chi connectivity index (χ2v) is 6.13. The van der Waals surface area contributed by atoms with Crippen LogP contribution in [0, 0.1) is 0 Å². The maximum absolute atomic E-state index is 4.90. The Morgan fingerprint density at radius 1 is 1.35 bits per heavy atom. The van der Waals surface area contributed by atoms with Crippen LogP contribution in [0.3, 0.4) is 0 Å². The van der Waals surface area contributed by atoms with Crippen LogP contribution in [0.4, 0.5) is 0 Å². The first-order valence-electron chi connectivity index (χ1n) is 6.93. The first-order chi connectivity index (χ1) is 8.12. The molecule has 0 unspecified atom stereocenters. The van der Waals surface area contributed by atoms with E-state index in [-0.39, 0.29) is 0 Å². The van der Waals surface area contributed by atoms with E-state index < -0.39 is 0 Å². The predicted molar refractivity (Wildman–Crippen MR) is 69.2 cm³/mol. The summed E-state index contributed by atoms with van der Waals surface area (Å²) in [5, 5.41) is 3.43. The van der Waals surface area contributed by atoms with Crippen molar-refractivity contribution in [3.8, 4) is 0 Å². The standard InChI is InChI=1S/C14H23N3/c1-10(2)13-16-11-9-15-8-5-12(11)17(13)14(3)6-4-7-14/h10,15H,4-9H2,1-3H3. The number of nitrogens with zero attached hydrogens (tertiary/aromatic N) is 2. The number of fused-ring (bicyclic) bond motifs is 1. The third-order valence-electron chi connectivity index (χ3n) is 4.40. The number of imidazole rings is 1. The molecule has 1 fully saturated rings. The summed E-state index contributed by atoms with van der Waals surface area (Å²) in [6.07, 6.45) is 5.16. The van der Waals surface area contributed by atoms with Crippen molar-refractivity contribution in [2.24, 2.45) is 0 Å². The molecule has 17 heavy (non-hydrogen) atoms. The topological polar surface area (TPSA) is 29.9 Å². The average Bonchev–Trinajstić information content (AvgIpc) is 2.65. The highest BCUT2D eigenvalue weighted by Crippen LogP contribution is 2.42. The molecule has 3 heteroatoms. The van der Waals surface area contributed by atoms with Gasteiger partial charge in [-0.05, 0) is 26.2 Å². The zero-order valence-corrected chi connectivity index (χ0v) is 11.2. The highest BCUT2D eigenvalue weighted by molar-refractivity contribution is 5.25. The molecule has 1 aliphatic heterocycles. The molecule has 1 aromatic rings. The fourth-order valence-electron chi connectivity index (χ4n) is 3.23. The van der Waals surface area contributed by atoms with Crippen molar-refractivity contribution in [2.45, 2.75) is 64.5 Å². The molecule has 2 aliphatic rings. The summed E-state index contributed by atoms with van der Waals surface area (Å²) in [5.41, 5.74) is 3.17. The normalized spacial score (nSPS) is 22.4. The van der Waals surface area contributed by atoms with E-state index in [1.807, 2.05) is 0 Å². The monoisotopic (exact) mass is 233 g/mol. The quantitative estimate of drug-likeness (QED) is 0.850. The lowest BCUT2D eigenvalue weighted by Gasteiger charge is -2.43. The zero-order valence-electron chi connectivity index (χ0n) is 11.2. The van der Waals surface area contributed by atoms with Crippen LogP contribution in [-0.4, -0.2) is 16.1 Å². The van der Waals surface area contributed by atoms with Gasteiger partial charge in [-0.2, -0.15) is 0 Å². The molecular formula is C14H23N3. The van der Waals surface area contributed by atoms with Gasteiger partial charge in [-0.1, -0.05) is 13.8 Å². The average molecular weight is 233 g/mol. The molecule has 0 saturated heterocycles. The van der Waals surface area contributed by atoms with E-state index in [1.165, 1.54) is 36.5 Å². The van der Waals surface area contributed by atoms with Gasteiger partial charge >= 0.3 is 0 Å². The molecule has 1 aromatic heterocycles. The number of hydrogen-bond acceptors (Lipinski definition) is 2. The van der Waals surface area contributed by atoms with E-state index in [9.17, 15) is 0 Å². The van der Waals surface area contributed by atoms with Crippen molar-refractivity contribution in [1.29, 1.82) is 0 Å². The summed E-state index contributed by atoms with van der Waals surface area (Å²) in [7, 11) is 0. The Morgan fingerprint density at radius 3 is 2.71 bits per heavy atom. The molecule has 0 aromatic carbocycles. The summed E-state index contributed by atoms with van der Waals surface area (Å²) in [5.74, 6) is 1.83. The molecular weight excluding hydrogens is 210 g/mol. The Hall–Kier alpha value is -0.830. The summed E-state index contributed by atoms with van der Waals surface area (Å²) in [6.45, 7) is 9.00. The fourth-order valence-corrected chi connectivity index (χ4v) is 3.23. The number of aromatic nitrogens is 2. The fraction of sp³-hybridized carbons (Fsp3) is 0.786. The van der Waals surface area contributed by atoms with Gasteiger partial charge in [0, 0.05) is 36.7 Å². The van der Waals surface area contributed by atoms with Crippen molar-refractivity contribution >= 4 is 0 Å². The van der Waals surface area contributed by atoms with Crippen molar-refractivity contribution < 1.29 is 0 Å². The Labute approximate surface area is 104 Å². The third-order valence-corrected chi connectivity index (χ3v) is 4.40. The van der Waals surface area contributed by atoms with Gasteiger partial charge in [0.15, 0.2) is 0 Å². The Bertz CT molecular complexity index is 427. The summed E-state index contributed by atoms with van der Waals surface area (Å²) in [6, 6.07) is 0. The second-order valence-electron chi connectivity index (χ2n) is 6.13. The minimum absolute atomic E-state index is 0.359. The lowest BCUT2D eigenvalue weighted by Crippen LogP contribution is -2.40. The molecule has 1 N–H and O–H groups in total. The van der Waals surface area contributed by atoms with Crippen LogP contribution in [0.25, 0.3) is 0 Å². The molecule has 0 radical (unpaired) electrons. The van der Waals surface area contributed by atoms with Gasteiger partial charge in [0.05, 0.1) is 5.69 Å². The highest BCUT2D eigenvalue weighted by Gasteiger charge is 2.38. The van der Waals surface area contributed by atoms with Crippen molar-refractivity contribution in [3.05, 3.63) is 17.2 Å². The minimum atomic E-state index is 0.359. The van der Waals surface area contributed by atoms with Crippen LogP contribution in [0.15, 0.2) is 0 Å². The smallest absolute Gasteiger partial charge is 0.112 e. The molecule has 3 nitrogen and oxygen atoms in total. The van der Waals surface area contributed by atoms with E-state index in [4.69, 9.17) is 4.98 Å².